The number of esters is 1. The quantitative estimate of drug-likeness (QED) is 0.195. The summed E-state index contributed by atoms with van der Waals surface area (Å²) in [6.45, 7) is 0. The molecule has 9 nitrogen and oxygen atoms in total. The number of phenols is 5. The van der Waals surface area contributed by atoms with Crippen molar-refractivity contribution < 1.29 is 44.9 Å². The van der Waals surface area contributed by atoms with Gasteiger partial charge in [-0.2, -0.15) is 0 Å². The molecule has 170 valence electrons. The molecule has 0 aromatic heterocycles. The monoisotopic (exact) mass is 452 g/mol. The molecule has 3 aromatic rings. The van der Waals surface area contributed by atoms with Gasteiger partial charge in [0.2, 0.25) is 0 Å². The number of fused-ring (bicyclic) bond motifs is 3. The van der Waals surface area contributed by atoms with E-state index in [9.17, 15) is 35.4 Å². The van der Waals surface area contributed by atoms with Crippen LogP contribution in [0.25, 0.3) is 0 Å². The summed E-state index contributed by atoms with van der Waals surface area (Å²) in [5, 5.41) is 60.5. The normalized spacial score (nSPS) is 21.5. The van der Waals surface area contributed by atoms with E-state index in [-0.39, 0.29) is 53.1 Å². The lowest BCUT2D eigenvalue weighted by Crippen LogP contribution is -2.32. The van der Waals surface area contributed by atoms with Gasteiger partial charge in [-0.1, -0.05) is 12.1 Å². The van der Waals surface area contributed by atoms with Gasteiger partial charge in [-0.25, -0.2) is 0 Å². The molecule has 0 bridgehead atoms. The van der Waals surface area contributed by atoms with Crippen molar-refractivity contribution in [1.82, 2.24) is 0 Å². The van der Waals surface area contributed by atoms with Gasteiger partial charge in [-0.3, -0.25) is 4.79 Å². The fourth-order valence-corrected chi connectivity index (χ4v) is 4.44. The van der Waals surface area contributed by atoms with Crippen molar-refractivity contribution in [2.75, 3.05) is 0 Å². The second kappa shape index (κ2) is 7.49. The molecule has 3 atom stereocenters. The van der Waals surface area contributed by atoms with Crippen molar-refractivity contribution in [3.63, 3.8) is 0 Å². The minimum absolute atomic E-state index is 0.0328. The van der Waals surface area contributed by atoms with E-state index < -0.39 is 24.1 Å². The van der Waals surface area contributed by atoms with Crippen LogP contribution in [0.1, 0.15) is 40.7 Å². The largest absolute Gasteiger partial charge is 0.507 e. The van der Waals surface area contributed by atoms with Gasteiger partial charge in [0.15, 0.2) is 23.0 Å². The summed E-state index contributed by atoms with van der Waals surface area (Å²) in [5.74, 6) is -2.46. The van der Waals surface area contributed by atoms with Gasteiger partial charge in [0.1, 0.15) is 23.4 Å². The number of hydrogen-bond acceptors (Lipinski definition) is 9. The van der Waals surface area contributed by atoms with Crippen molar-refractivity contribution in [3.05, 3.63) is 64.7 Å². The zero-order valence-electron chi connectivity index (χ0n) is 17.1. The van der Waals surface area contributed by atoms with Gasteiger partial charge in [0.05, 0.1) is 12.5 Å². The molecule has 9 heteroatoms. The number of benzene rings is 3. The van der Waals surface area contributed by atoms with E-state index in [1.807, 2.05) is 0 Å². The van der Waals surface area contributed by atoms with E-state index in [1.54, 1.807) is 6.07 Å². The lowest BCUT2D eigenvalue weighted by atomic mass is 9.82. The van der Waals surface area contributed by atoms with Crippen LogP contribution in [0.5, 0.6) is 40.2 Å². The number of ether oxygens (including phenoxy) is 2. The molecule has 0 fully saturated rings. The molecule has 0 saturated heterocycles. The highest BCUT2D eigenvalue weighted by atomic mass is 16.5. The van der Waals surface area contributed by atoms with E-state index in [0.717, 1.165) is 0 Å². The lowest BCUT2D eigenvalue weighted by molar-refractivity contribution is -0.135. The Balaban J connectivity index is 1.59. The second-order valence-corrected chi connectivity index (χ2v) is 8.15. The van der Waals surface area contributed by atoms with Crippen molar-refractivity contribution >= 4 is 5.97 Å². The maximum Gasteiger partial charge on any atom is 0.312 e. The van der Waals surface area contributed by atoms with E-state index in [1.165, 1.54) is 36.4 Å². The van der Waals surface area contributed by atoms with Crippen LogP contribution in [0.2, 0.25) is 0 Å². The highest BCUT2D eigenvalue weighted by Crippen LogP contribution is 2.52. The van der Waals surface area contributed by atoms with Gasteiger partial charge in [-0.05, 0) is 35.4 Å². The summed E-state index contributed by atoms with van der Waals surface area (Å²) in [5.41, 5.74) is 1.62. The summed E-state index contributed by atoms with van der Waals surface area (Å²) in [4.78, 5) is 12.4. The standard InChI is InChI=1S/C24H20O9/c25-14-3-1-10(5-16(14)27)12-8-21(31)33-24-13-7-19(30)23(11-2-4-15(26)17(28)6-11)32-20(13)9-18(29)22(12)24/h1-6,9,12,19,23,25-30H,7-8H2/t12-,19-,23+/m0/s1. The van der Waals surface area contributed by atoms with Crippen LogP contribution in [-0.2, 0) is 11.2 Å². The first kappa shape index (κ1) is 20.8. The second-order valence-electron chi connectivity index (χ2n) is 8.15. The van der Waals surface area contributed by atoms with E-state index >= 15 is 0 Å². The molecular formula is C24H20O9. The fraction of sp³-hybridized carbons (Fsp3) is 0.208. The van der Waals surface area contributed by atoms with Crippen LogP contribution >= 0.6 is 0 Å². The molecule has 33 heavy (non-hydrogen) atoms. The molecule has 2 heterocycles. The topological polar surface area (TPSA) is 157 Å². The minimum Gasteiger partial charge on any atom is -0.507 e. The number of phenolic OH excluding ortho intramolecular Hbond substituents is 5. The predicted molar refractivity (Wildman–Crippen MR) is 113 cm³/mol. The molecule has 0 unspecified atom stereocenters. The Morgan fingerprint density at radius 1 is 0.758 bits per heavy atom. The average Bonchev–Trinajstić information content (AvgIpc) is 2.77. The fourth-order valence-electron chi connectivity index (χ4n) is 4.44. The van der Waals surface area contributed by atoms with Crippen LogP contribution in [0, 0.1) is 0 Å². The Labute approximate surface area is 187 Å². The lowest BCUT2D eigenvalue weighted by Gasteiger charge is -2.35. The van der Waals surface area contributed by atoms with Gasteiger partial charge in [0, 0.05) is 29.5 Å². The summed E-state index contributed by atoms with van der Waals surface area (Å²) in [6.07, 6.45) is -2.04. The molecule has 6 N–H and O–H groups in total. The van der Waals surface area contributed by atoms with Crippen molar-refractivity contribution in [1.29, 1.82) is 0 Å². The molecule has 2 aliphatic rings. The van der Waals surface area contributed by atoms with Crippen LogP contribution in [0.3, 0.4) is 0 Å². The molecule has 3 aromatic carbocycles. The first-order chi connectivity index (χ1) is 15.7. The highest BCUT2D eigenvalue weighted by molar-refractivity contribution is 5.80. The zero-order chi connectivity index (χ0) is 23.4. The number of carbonyl (C=O) groups is 1. The number of carbonyl (C=O) groups excluding carboxylic acids is 1. The molecule has 0 amide bonds. The number of aliphatic hydroxyl groups excluding tert-OH is 1. The number of hydrogen-bond donors (Lipinski definition) is 6. The van der Waals surface area contributed by atoms with Crippen molar-refractivity contribution in [2.24, 2.45) is 0 Å². The Bertz CT molecular complexity index is 1280. The number of aromatic hydroxyl groups is 5. The van der Waals surface area contributed by atoms with E-state index in [2.05, 4.69) is 0 Å². The summed E-state index contributed by atoms with van der Waals surface area (Å²) < 4.78 is 11.4. The third-order valence-corrected chi connectivity index (χ3v) is 6.04. The third-order valence-electron chi connectivity index (χ3n) is 6.04. The van der Waals surface area contributed by atoms with E-state index in [4.69, 9.17) is 9.47 Å². The maximum atomic E-state index is 12.4. The van der Waals surface area contributed by atoms with Gasteiger partial charge >= 0.3 is 5.97 Å². The molecule has 0 saturated carbocycles. The van der Waals surface area contributed by atoms with Gasteiger partial charge < -0.3 is 40.1 Å². The SMILES string of the molecule is O=C1C[C@@H](c2ccc(O)c(O)c2)c2c(O)cc3c(c2O1)C[C@H](O)[C@@H](c1ccc(O)c(O)c1)O3. The summed E-state index contributed by atoms with van der Waals surface area (Å²) >= 11 is 0. The Morgan fingerprint density at radius 3 is 2.06 bits per heavy atom. The first-order valence-corrected chi connectivity index (χ1v) is 10.2. The molecule has 0 spiro atoms. The zero-order valence-corrected chi connectivity index (χ0v) is 17.1. The molecule has 0 radical (unpaired) electrons. The van der Waals surface area contributed by atoms with Crippen LogP contribution in [0.4, 0.5) is 0 Å². The summed E-state index contributed by atoms with van der Waals surface area (Å²) in [7, 11) is 0. The van der Waals surface area contributed by atoms with Crippen LogP contribution in [0.15, 0.2) is 42.5 Å². The van der Waals surface area contributed by atoms with Crippen LogP contribution in [-0.4, -0.2) is 42.7 Å². The number of rotatable bonds is 2. The first-order valence-electron chi connectivity index (χ1n) is 10.2. The van der Waals surface area contributed by atoms with Crippen molar-refractivity contribution in [2.45, 2.75) is 31.0 Å². The Morgan fingerprint density at radius 2 is 1.39 bits per heavy atom. The molecule has 5 rings (SSSR count). The van der Waals surface area contributed by atoms with Gasteiger partial charge in [0.25, 0.3) is 0 Å². The Hall–Kier alpha value is -4.11. The highest BCUT2D eigenvalue weighted by Gasteiger charge is 2.39. The van der Waals surface area contributed by atoms with Gasteiger partial charge in [-0.15, -0.1) is 0 Å². The smallest absolute Gasteiger partial charge is 0.312 e. The number of aliphatic hydroxyl groups is 1. The third kappa shape index (κ3) is 3.42. The molecular weight excluding hydrogens is 432 g/mol. The van der Waals surface area contributed by atoms with Crippen molar-refractivity contribution in [3.8, 4) is 40.2 Å². The summed E-state index contributed by atoms with van der Waals surface area (Å²) in [6, 6.07) is 9.59. The Kier molecular flexibility index (Phi) is 4.71. The minimum atomic E-state index is -1.08. The predicted octanol–water partition coefficient (Wildman–Crippen LogP) is 2.69. The molecule has 0 aliphatic carbocycles. The van der Waals surface area contributed by atoms with E-state index in [0.29, 0.717) is 22.3 Å². The maximum absolute atomic E-state index is 12.4. The average molecular weight is 452 g/mol. The molecule has 2 aliphatic heterocycles. The van der Waals surface area contributed by atoms with Crippen LogP contribution < -0.4 is 9.47 Å².